The van der Waals surface area contributed by atoms with E-state index >= 15 is 0 Å². The molecule has 1 aliphatic carbocycles. The van der Waals surface area contributed by atoms with Gasteiger partial charge in [-0.25, -0.2) is 0 Å². The minimum Gasteiger partial charge on any atom is -0.496 e. The zero-order chi connectivity index (χ0) is 19.2. The number of carbonyl (C=O) groups is 1. The van der Waals surface area contributed by atoms with E-state index in [4.69, 9.17) is 22.1 Å². The molecule has 2 N–H and O–H groups in total. The van der Waals surface area contributed by atoms with E-state index < -0.39 is 0 Å². The van der Waals surface area contributed by atoms with Crippen LogP contribution in [0.5, 0.6) is 5.75 Å². The molecule has 0 bridgehead atoms. The van der Waals surface area contributed by atoms with Crippen LogP contribution in [0, 0.1) is 11.8 Å². The topological polar surface area (TPSA) is 55.6 Å². The number of benzene rings is 1. The molecule has 1 aliphatic heterocycles. The highest BCUT2D eigenvalue weighted by Crippen LogP contribution is 2.42. The van der Waals surface area contributed by atoms with Crippen molar-refractivity contribution in [3.05, 3.63) is 22.7 Å². The predicted octanol–water partition coefficient (Wildman–Crippen LogP) is 4.90. The second kappa shape index (κ2) is 9.79. The van der Waals surface area contributed by atoms with Crippen molar-refractivity contribution in [2.45, 2.75) is 57.3 Å². The van der Waals surface area contributed by atoms with E-state index in [1.54, 1.807) is 13.2 Å². The molecule has 0 amide bonds. The zero-order valence-electron chi connectivity index (χ0n) is 16.5. The van der Waals surface area contributed by atoms with Crippen LogP contribution in [-0.4, -0.2) is 37.9 Å². The van der Waals surface area contributed by atoms with Gasteiger partial charge in [-0.15, -0.1) is 0 Å². The Bertz CT molecular complexity index is 623. The number of anilines is 1. The zero-order valence-corrected chi connectivity index (χ0v) is 17.2. The summed E-state index contributed by atoms with van der Waals surface area (Å²) in [6.07, 6.45) is 10.8. The van der Waals surface area contributed by atoms with Crippen molar-refractivity contribution in [3.63, 3.8) is 0 Å². The smallest absolute Gasteiger partial charge is 0.124 e. The minimum absolute atomic E-state index is 0.146. The Hall–Kier alpha value is -1.26. The second-order valence-electron chi connectivity index (χ2n) is 8.27. The van der Waals surface area contributed by atoms with E-state index in [1.165, 1.54) is 38.6 Å². The fraction of sp³-hybridized carbons (Fsp3) is 0.682. The van der Waals surface area contributed by atoms with Crippen LogP contribution in [0.3, 0.4) is 0 Å². The van der Waals surface area contributed by atoms with Crippen LogP contribution in [0.15, 0.2) is 12.1 Å². The molecule has 2 aliphatic rings. The molecule has 2 fully saturated rings. The molecule has 1 saturated heterocycles. The summed E-state index contributed by atoms with van der Waals surface area (Å²) in [4.78, 5) is 14.0. The minimum atomic E-state index is 0.146. The van der Waals surface area contributed by atoms with Crippen LogP contribution in [0.2, 0.25) is 5.02 Å². The van der Waals surface area contributed by atoms with Crippen molar-refractivity contribution in [1.29, 1.82) is 0 Å². The lowest BCUT2D eigenvalue weighted by atomic mass is 9.77. The van der Waals surface area contributed by atoms with Crippen molar-refractivity contribution < 1.29 is 9.53 Å². The van der Waals surface area contributed by atoms with Gasteiger partial charge in [0.1, 0.15) is 12.0 Å². The van der Waals surface area contributed by atoms with Gasteiger partial charge < -0.3 is 20.2 Å². The van der Waals surface area contributed by atoms with Crippen LogP contribution >= 0.6 is 11.6 Å². The molecular weight excluding hydrogens is 360 g/mol. The molecule has 1 heterocycles. The van der Waals surface area contributed by atoms with E-state index in [2.05, 4.69) is 4.90 Å². The fourth-order valence-electron chi connectivity index (χ4n) is 5.00. The van der Waals surface area contributed by atoms with Crippen molar-refractivity contribution in [2.75, 3.05) is 32.5 Å². The molecular formula is C22H33ClN2O2. The Balaban J connectivity index is 1.66. The summed E-state index contributed by atoms with van der Waals surface area (Å²) >= 11 is 6.28. The number of likely N-dealkylation sites (tertiary alicyclic amines) is 1. The maximum Gasteiger partial charge on any atom is 0.124 e. The highest BCUT2D eigenvalue weighted by atomic mass is 35.5. The summed E-state index contributed by atoms with van der Waals surface area (Å²) in [7, 11) is 1.65. The van der Waals surface area contributed by atoms with Crippen LogP contribution in [0.25, 0.3) is 0 Å². The first kappa shape index (κ1) is 20.5. The van der Waals surface area contributed by atoms with Crippen LogP contribution in [-0.2, 0) is 4.79 Å². The quantitative estimate of drug-likeness (QED) is 0.529. The molecule has 1 saturated carbocycles. The lowest BCUT2D eigenvalue weighted by molar-refractivity contribution is -0.108. The maximum atomic E-state index is 11.4. The summed E-state index contributed by atoms with van der Waals surface area (Å²) in [6, 6.07) is 3.69. The Morgan fingerprint density at radius 3 is 2.56 bits per heavy atom. The van der Waals surface area contributed by atoms with Gasteiger partial charge in [0.25, 0.3) is 0 Å². The van der Waals surface area contributed by atoms with Gasteiger partial charge in [-0.05, 0) is 68.2 Å². The molecule has 150 valence electrons. The number of piperidine rings is 1. The van der Waals surface area contributed by atoms with Crippen molar-refractivity contribution in [3.8, 4) is 5.75 Å². The van der Waals surface area contributed by atoms with E-state index in [-0.39, 0.29) is 5.92 Å². The number of hydrogen-bond acceptors (Lipinski definition) is 4. The molecule has 0 radical (unpaired) electrons. The molecule has 1 aromatic rings. The van der Waals surface area contributed by atoms with Gasteiger partial charge >= 0.3 is 0 Å². The number of hydrogen-bond donors (Lipinski definition) is 1. The van der Waals surface area contributed by atoms with E-state index in [9.17, 15) is 4.79 Å². The number of ether oxygens (including phenoxy) is 1. The number of carbonyl (C=O) groups excluding carboxylic acids is 1. The van der Waals surface area contributed by atoms with Gasteiger partial charge in [0.2, 0.25) is 0 Å². The lowest BCUT2D eigenvalue weighted by Crippen LogP contribution is -2.39. The monoisotopic (exact) mass is 392 g/mol. The third-order valence-corrected chi connectivity index (χ3v) is 6.87. The standard InChI is InChI=1S/C22H33ClN2O2/c1-27-22-14-21(24)20(23)13-19(22)18(9-12-26)17-7-10-25(11-8-17)15-16-5-3-2-4-6-16/h12-14,16-18H,2-11,15,24H2,1H3/t18-/m0/s1. The SMILES string of the molecule is COc1cc(N)c(Cl)cc1[C@@H](CC=O)C1CCN(CC2CCCCC2)CC1. The van der Waals surface area contributed by atoms with Crippen molar-refractivity contribution >= 4 is 23.6 Å². The van der Waals surface area contributed by atoms with E-state index in [0.717, 1.165) is 49.4 Å². The van der Waals surface area contributed by atoms with E-state index in [1.807, 2.05) is 6.07 Å². The molecule has 0 aromatic heterocycles. The number of nitrogens with zero attached hydrogens (tertiary/aromatic N) is 1. The summed E-state index contributed by atoms with van der Waals surface area (Å²) in [5.74, 6) is 2.25. The summed E-state index contributed by atoms with van der Waals surface area (Å²) in [5, 5.41) is 0.538. The van der Waals surface area contributed by atoms with Crippen molar-refractivity contribution in [1.82, 2.24) is 4.90 Å². The Morgan fingerprint density at radius 2 is 1.93 bits per heavy atom. The molecule has 27 heavy (non-hydrogen) atoms. The average Bonchev–Trinajstić information content (AvgIpc) is 2.69. The van der Waals surface area contributed by atoms with Crippen LogP contribution < -0.4 is 10.5 Å². The van der Waals surface area contributed by atoms with Gasteiger partial charge in [-0.3, -0.25) is 0 Å². The molecule has 0 spiro atoms. The highest BCUT2D eigenvalue weighted by molar-refractivity contribution is 6.33. The van der Waals surface area contributed by atoms with Gasteiger partial charge in [0.15, 0.2) is 0 Å². The predicted molar refractivity (Wildman–Crippen MR) is 112 cm³/mol. The summed E-state index contributed by atoms with van der Waals surface area (Å²) < 4.78 is 5.56. The fourth-order valence-corrected chi connectivity index (χ4v) is 5.17. The number of aldehydes is 1. The first-order valence-corrected chi connectivity index (χ1v) is 10.8. The van der Waals surface area contributed by atoms with Crippen LogP contribution in [0.4, 0.5) is 5.69 Å². The Kier molecular flexibility index (Phi) is 7.42. The second-order valence-corrected chi connectivity index (χ2v) is 8.67. The number of methoxy groups -OCH3 is 1. The number of rotatable bonds is 7. The van der Waals surface area contributed by atoms with Gasteiger partial charge in [-0.2, -0.15) is 0 Å². The Labute approximate surface area is 168 Å². The third-order valence-electron chi connectivity index (χ3n) is 6.54. The first-order chi connectivity index (χ1) is 13.1. The van der Waals surface area contributed by atoms with E-state index in [0.29, 0.717) is 23.0 Å². The largest absolute Gasteiger partial charge is 0.496 e. The number of nitrogen functional groups attached to an aromatic ring is 1. The van der Waals surface area contributed by atoms with Gasteiger partial charge in [-0.1, -0.05) is 30.9 Å². The van der Waals surface area contributed by atoms with Crippen LogP contribution in [0.1, 0.15) is 62.8 Å². The maximum absolute atomic E-state index is 11.4. The summed E-state index contributed by atoms with van der Waals surface area (Å²) in [6.45, 7) is 3.51. The highest BCUT2D eigenvalue weighted by Gasteiger charge is 2.30. The normalized spacial score (nSPS) is 21.1. The number of nitrogens with two attached hydrogens (primary N) is 1. The third kappa shape index (κ3) is 5.17. The molecule has 1 atom stereocenters. The van der Waals surface area contributed by atoms with Gasteiger partial charge in [0, 0.05) is 19.0 Å². The Morgan fingerprint density at radius 1 is 1.22 bits per heavy atom. The lowest BCUT2D eigenvalue weighted by Gasteiger charge is -2.38. The average molecular weight is 393 g/mol. The molecule has 1 aromatic carbocycles. The van der Waals surface area contributed by atoms with Crippen molar-refractivity contribution in [2.24, 2.45) is 11.8 Å². The first-order valence-electron chi connectivity index (χ1n) is 10.4. The molecule has 4 nitrogen and oxygen atoms in total. The molecule has 5 heteroatoms. The summed E-state index contributed by atoms with van der Waals surface area (Å²) in [5.41, 5.74) is 7.48. The molecule has 3 rings (SSSR count). The molecule has 0 unspecified atom stereocenters. The van der Waals surface area contributed by atoms with Gasteiger partial charge in [0.05, 0.1) is 17.8 Å². The number of halogens is 1.